The molecule has 28 heavy (non-hydrogen) atoms. The fraction of sp³-hybridized carbons (Fsp3) is 0.480. The van der Waals surface area contributed by atoms with Crippen LogP contribution in [0.1, 0.15) is 55.2 Å². The van der Waals surface area contributed by atoms with Crippen molar-refractivity contribution in [3.05, 3.63) is 65.2 Å². The van der Waals surface area contributed by atoms with E-state index in [0.717, 1.165) is 43.3 Å². The van der Waals surface area contributed by atoms with Crippen LogP contribution in [0.3, 0.4) is 0 Å². The Hall–Kier alpha value is -2.13. The number of aryl methyl sites for hydroxylation is 1. The molecule has 152 valence electrons. The van der Waals surface area contributed by atoms with Gasteiger partial charge in [-0.25, -0.2) is 0 Å². The largest absolute Gasteiger partial charge is 0.496 e. The van der Waals surface area contributed by atoms with Gasteiger partial charge in [0.25, 0.3) is 0 Å². The Labute approximate surface area is 170 Å². The lowest BCUT2D eigenvalue weighted by Crippen LogP contribution is -2.46. The minimum Gasteiger partial charge on any atom is -0.496 e. The molecule has 0 fully saturated rings. The van der Waals surface area contributed by atoms with Gasteiger partial charge in [0.1, 0.15) is 12.0 Å². The fourth-order valence-electron chi connectivity index (χ4n) is 4.20. The molecule has 0 saturated carbocycles. The van der Waals surface area contributed by atoms with Gasteiger partial charge in [-0.2, -0.15) is 0 Å². The zero-order chi connectivity index (χ0) is 20.6. The van der Waals surface area contributed by atoms with Crippen molar-refractivity contribution >= 4 is 6.29 Å². The molecule has 0 amide bonds. The lowest BCUT2D eigenvalue weighted by molar-refractivity contribution is -0.108. The van der Waals surface area contributed by atoms with Crippen LogP contribution in [-0.4, -0.2) is 37.9 Å². The molecule has 0 bridgehead atoms. The van der Waals surface area contributed by atoms with Crippen LogP contribution in [-0.2, 0) is 11.2 Å². The van der Waals surface area contributed by atoms with Crippen LogP contribution in [0.15, 0.2) is 48.5 Å². The van der Waals surface area contributed by atoms with Gasteiger partial charge in [0.2, 0.25) is 0 Å². The molecule has 0 aliphatic rings. The average molecular weight is 382 g/mol. The zero-order valence-corrected chi connectivity index (χ0v) is 18.1. The van der Waals surface area contributed by atoms with Crippen molar-refractivity contribution in [3.63, 3.8) is 0 Å². The van der Waals surface area contributed by atoms with Gasteiger partial charge in [-0.3, -0.25) is 0 Å². The minimum absolute atomic E-state index is 0.0873. The quantitative estimate of drug-likeness (QED) is 0.487. The summed E-state index contributed by atoms with van der Waals surface area (Å²) in [5, 5.41) is 0. The van der Waals surface area contributed by atoms with Gasteiger partial charge in [0.05, 0.1) is 7.11 Å². The van der Waals surface area contributed by atoms with Crippen molar-refractivity contribution in [3.8, 4) is 5.75 Å². The summed E-state index contributed by atoms with van der Waals surface area (Å²) < 4.78 is 5.39. The summed E-state index contributed by atoms with van der Waals surface area (Å²) in [6.45, 7) is 4.33. The molecule has 3 heteroatoms. The molecule has 0 spiro atoms. The summed E-state index contributed by atoms with van der Waals surface area (Å²) >= 11 is 0. The van der Waals surface area contributed by atoms with Crippen molar-refractivity contribution in [2.75, 3.05) is 21.2 Å². The number of benzene rings is 2. The van der Waals surface area contributed by atoms with E-state index < -0.39 is 0 Å². The van der Waals surface area contributed by atoms with Gasteiger partial charge >= 0.3 is 0 Å². The molecule has 2 aromatic carbocycles. The molecule has 0 saturated heterocycles. The Balaban J connectivity index is 2.22. The Kier molecular flexibility index (Phi) is 8.25. The van der Waals surface area contributed by atoms with Crippen LogP contribution in [0, 0.1) is 6.92 Å². The highest BCUT2D eigenvalue weighted by molar-refractivity contribution is 5.52. The van der Waals surface area contributed by atoms with Crippen LogP contribution in [0.4, 0.5) is 0 Å². The molecule has 0 N–H and O–H groups in total. The molecule has 0 aromatic heterocycles. The van der Waals surface area contributed by atoms with Gasteiger partial charge in [-0.15, -0.1) is 0 Å². The summed E-state index contributed by atoms with van der Waals surface area (Å²) in [6, 6.07) is 17.0. The minimum atomic E-state index is 0.0873. The normalized spacial score (nSPS) is 14.5. The van der Waals surface area contributed by atoms with E-state index >= 15 is 0 Å². The number of rotatable bonds is 11. The molecule has 3 nitrogen and oxygen atoms in total. The molecule has 0 heterocycles. The predicted octanol–water partition coefficient (Wildman–Crippen LogP) is 5.41. The summed E-state index contributed by atoms with van der Waals surface area (Å²) in [5.41, 5.74) is 3.80. The fourth-order valence-corrected chi connectivity index (χ4v) is 4.20. The molecule has 2 unspecified atom stereocenters. The van der Waals surface area contributed by atoms with E-state index in [1.807, 2.05) is 6.07 Å². The Morgan fingerprint density at radius 1 is 1.14 bits per heavy atom. The van der Waals surface area contributed by atoms with E-state index in [-0.39, 0.29) is 11.5 Å². The summed E-state index contributed by atoms with van der Waals surface area (Å²) in [6.07, 6.45) is 5.75. The van der Waals surface area contributed by atoms with Gasteiger partial charge in [-0.05, 0) is 75.4 Å². The Bertz CT molecular complexity index is 741. The second-order valence-corrected chi connectivity index (χ2v) is 8.00. The first-order valence-corrected chi connectivity index (χ1v) is 10.2. The van der Waals surface area contributed by atoms with Crippen LogP contribution in [0.5, 0.6) is 5.75 Å². The predicted molar refractivity (Wildman–Crippen MR) is 117 cm³/mol. The second kappa shape index (κ2) is 10.4. The van der Waals surface area contributed by atoms with E-state index in [4.69, 9.17) is 4.74 Å². The number of carbonyl (C=O) groups is 1. The highest BCUT2D eigenvalue weighted by Gasteiger charge is 2.31. The first-order chi connectivity index (χ1) is 13.5. The molecule has 0 aliphatic carbocycles. The highest BCUT2D eigenvalue weighted by Crippen LogP contribution is 2.35. The van der Waals surface area contributed by atoms with Gasteiger partial charge in [0, 0.05) is 12.0 Å². The smallest absolute Gasteiger partial charge is 0.121 e. The van der Waals surface area contributed by atoms with Crippen LogP contribution < -0.4 is 4.74 Å². The van der Waals surface area contributed by atoms with E-state index in [1.165, 1.54) is 11.1 Å². The lowest BCUT2D eigenvalue weighted by Gasteiger charge is -2.41. The molecule has 0 radical (unpaired) electrons. The number of likely N-dealkylation sites (N-methyl/N-ethyl adjacent to an activating group) is 1. The van der Waals surface area contributed by atoms with Crippen LogP contribution in [0.2, 0.25) is 0 Å². The summed E-state index contributed by atoms with van der Waals surface area (Å²) in [4.78, 5) is 13.8. The van der Waals surface area contributed by atoms with Crippen LogP contribution >= 0.6 is 0 Å². The highest BCUT2D eigenvalue weighted by atomic mass is 16.5. The van der Waals surface area contributed by atoms with E-state index in [9.17, 15) is 4.79 Å². The van der Waals surface area contributed by atoms with Crippen molar-refractivity contribution in [1.29, 1.82) is 0 Å². The third-order valence-electron chi connectivity index (χ3n) is 6.21. The third kappa shape index (κ3) is 5.45. The van der Waals surface area contributed by atoms with E-state index in [1.54, 1.807) is 7.11 Å². The molecular formula is C25H35NO2. The molecule has 2 atom stereocenters. The summed E-state index contributed by atoms with van der Waals surface area (Å²) in [5.74, 6) is 1.14. The standard InChI is InChI=1S/C25H35NO2/c1-6-25(26(3)4,19-21-10-8-7-9-11-21)16-14-22(15-17-27)23-12-13-24(28-5)20(2)18-23/h7-13,17-18,22H,6,14-16,19H2,1-5H3. The average Bonchev–Trinajstić information content (AvgIpc) is 2.70. The summed E-state index contributed by atoms with van der Waals surface area (Å²) in [7, 11) is 6.05. The van der Waals surface area contributed by atoms with E-state index in [2.05, 4.69) is 75.3 Å². The maximum atomic E-state index is 11.4. The van der Waals surface area contributed by atoms with Gasteiger partial charge in [-0.1, -0.05) is 49.4 Å². The number of carbonyl (C=O) groups excluding carboxylic acids is 1. The number of methoxy groups -OCH3 is 1. The zero-order valence-electron chi connectivity index (χ0n) is 18.1. The first-order valence-electron chi connectivity index (χ1n) is 10.2. The van der Waals surface area contributed by atoms with Crippen molar-refractivity contribution in [2.24, 2.45) is 0 Å². The molecular weight excluding hydrogens is 346 g/mol. The molecule has 2 rings (SSSR count). The van der Waals surface area contributed by atoms with E-state index in [0.29, 0.717) is 6.42 Å². The Morgan fingerprint density at radius 3 is 2.39 bits per heavy atom. The number of nitrogens with zero attached hydrogens (tertiary/aromatic N) is 1. The SMILES string of the molecule is CCC(CCC(CC=O)c1ccc(OC)c(C)c1)(Cc1ccccc1)N(C)C. The molecule has 2 aromatic rings. The maximum Gasteiger partial charge on any atom is 0.121 e. The lowest BCUT2D eigenvalue weighted by atomic mass is 9.79. The molecule has 0 aliphatic heterocycles. The van der Waals surface area contributed by atoms with Gasteiger partial charge < -0.3 is 14.4 Å². The number of ether oxygens (including phenoxy) is 1. The number of hydrogen-bond donors (Lipinski definition) is 0. The number of hydrogen-bond acceptors (Lipinski definition) is 3. The number of aldehydes is 1. The van der Waals surface area contributed by atoms with Crippen molar-refractivity contribution in [1.82, 2.24) is 4.90 Å². The maximum absolute atomic E-state index is 11.4. The van der Waals surface area contributed by atoms with Crippen molar-refractivity contribution < 1.29 is 9.53 Å². The van der Waals surface area contributed by atoms with Crippen molar-refractivity contribution in [2.45, 2.75) is 57.4 Å². The topological polar surface area (TPSA) is 29.5 Å². The monoisotopic (exact) mass is 381 g/mol. The second-order valence-electron chi connectivity index (χ2n) is 8.00. The third-order valence-corrected chi connectivity index (χ3v) is 6.21. The Morgan fingerprint density at radius 2 is 1.86 bits per heavy atom. The van der Waals surface area contributed by atoms with Crippen LogP contribution in [0.25, 0.3) is 0 Å². The first kappa shape index (κ1) is 22.2. The van der Waals surface area contributed by atoms with Gasteiger partial charge in [0.15, 0.2) is 0 Å².